The monoisotopic (exact) mass is 341 g/mol. The number of nitrogens with one attached hydrogen (secondary N) is 1. The van der Waals surface area contributed by atoms with E-state index in [4.69, 9.17) is 9.52 Å². The Morgan fingerprint density at radius 3 is 2.85 bits per heavy atom. The molecule has 0 fully saturated rings. The van der Waals surface area contributed by atoms with Crippen molar-refractivity contribution in [3.05, 3.63) is 38.7 Å². The molecule has 0 bridgehead atoms. The summed E-state index contributed by atoms with van der Waals surface area (Å²) in [6, 6.07) is 3.89. The Hall–Kier alpha value is -1.86. The highest BCUT2D eigenvalue weighted by Gasteiger charge is 2.15. The van der Waals surface area contributed by atoms with E-state index in [0.29, 0.717) is 10.9 Å². The fourth-order valence-electron chi connectivity index (χ4n) is 1.72. The lowest BCUT2D eigenvalue weighted by atomic mass is 10.1. The van der Waals surface area contributed by atoms with Gasteiger partial charge in [-0.1, -0.05) is 0 Å². The van der Waals surface area contributed by atoms with E-state index in [-0.39, 0.29) is 22.4 Å². The topological polar surface area (TPSA) is 99.8 Å². The molecule has 3 N–H and O–H groups in total. The summed E-state index contributed by atoms with van der Waals surface area (Å²) in [5, 5.41) is 22.0. The summed E-state index contributed by atoms with van der Waals surface area (Å²) in [5.74, 6) is -1.07. The molecule has 0 saturated heterocycles. The van der Waals surface area contributed by atoms with E-state index in [1.165, 1.54) is 13.0 Å². The average Bonchev–Trinajstić information content (AvgIpc) is 2.39. The van der Waals surface area contributed by atoms with Gasteiger partial charge in [-0.15, -0.1) is 0 Å². The van der Waals surface area contributed by atoms with Gasteiger partial charge in [0, 0.05) is 11.9 Å². The zero-order valence-corrected chi connectivity index (χ0v) is 12.1. The largest absolute Gasteiger partial charge is 0.507 e. The van der Waals surface area contributed by atoms with E-state index in [1.54, 1.807) is 12.1 Å². The van der Waals surface area contributed by atoms with Crippen LogP contribution in [0.4, 0.5) is 0 Å². The molecule has 0 aliphatic carbocycles. The van der Waals surface area contributed by atoms with Gasteiger partial charge in [-0.3, -0.25) is 4.79 Å². The van der Waals surface area contributed by atoms with E-state index >= 15 is 0 Å². The number of aromatic hydroxyl groups is 1. The maximum atomic E-state index is 11.5. The molecule has 0 spiro atoms. The first kappa shape index (κ1) is 14.5. The Morgan fingerprint density at radius 2 is 2.20 bits per heavy atom. The maximum Gasteiger partial charge on any atom is 0.350 e. The van der Waals surface area contributed by atoms with Crippen LogP contribution in [0.25, 0.3) is 11.0 Å². The van der Waals surface area contributed by atoms with Crippen LogP contribution in [0.2, 0.25) is 0 Å². The van der Waals surface area contributed by atoms with Crippen LogP contribution < -0.4 is 10.9 Å². The normalized spacial score (nSPS) is 12.5. The van der Waals surface area contributed by atoms with Gasteiger partial charge in [-0.25, -0.2) is 4.79 Å². The van der Waals surface area contributed by atoms with E-state index in [9.17, 15) is 14.7 Å². The summed E-state index contributed by atoms with van der Waals surface area (Å²) < 4.78 is 5.43. The zero-order chi connectivity index (χ0) is 14.9. The molecule has 7 heteroatoms. The molecule has 0 radical (unpaired) electrons. The summed E-state index contributed by atoms with van der Waals surface area (Å²) in [4.78, 5) is 22.3. The molecular formula is C13H12BrNO5. The second kappa shape index (κ2) is 5.64. The molecule has 106 valence electrons. The van der Waals surface area contributed by atoms with Crippen molar-refractivity contribution >= 4 is 32.9 Å². The van der Waals surface area contributed by atoms with Crippen LogP contribution in [0.5, 0.6) is 5.75 Å². The van der Waals surface area contributed by atoms with Gasteiger partial charge in [-0.05, 0) is 41.1 Å². The smallest absolute Gasteiger partial charge is 0.350 e. The predicted octanol–water partition coefficient (Wildman–Crippen LogP) is 1.82. The first-order valence-corrected chi connectivity index (χ1v) is 6.60. The molecule has 1 atom stereocenters. The molecule has 0 amide bonds. The van der Waals surface area contributed by atoms with Crippen molar-refractivity contribution < 1.29 is 19.4 Å². The molecule has 0 aliphatic rings. The Bertz CT molecular complexity index is 725. The molecule has 0 aliphatic heterocycles. The number of phenols is 1. The van der Waals surface area contributed by atoms with Crippen LogP contribution in [0.1, 0.15) is 12.5 Å². The fourth-order valence-corrected chi connectivity index (χ4v) is 2.05. The molecule has 1 aromatic carbocycles. The number of aliphatic carboxylic acids is 1. The lowest BCUT2D eigenvalue weighted by Gasteiger charge is -2.11. The number of halogens is 1. The molecule has 0 saturated carbocycles. The van der Waals surface area contributed by atoms with Crippen molar-refractivity contribution in [1.82, 2.24) is 5.32 Å². The minimum Gasteiger partial charge on any atom is -0.507 e. The van der Waals surface area contributed by atoms with Gasteiger partial charge >= 0.3 is 11.6 Å². The van der Waals surface area contributed by atoms with E-state index in [0.717, 1.165) is 0 Å². The molecule has 20 heavy (non-hydrogen) atoms. The lowest BCUT2D eigenvalue weighted by molar-refractivity contribution is -0.139. The van der Waals surface area contributed by atoms with Gasteiger partial charge in [0.25, 0.3) is 0 Å². The van der Waals surface area contributed by atoms with Gasteiger partial charge in [0.15, 0.2) is 0 Å². The third kappa shape index (κ3) is 2.83. The van der Waals surface area contributed by atoms with Crippen molar-refractivity contribution in [3.8, 4) is 5.75 Å². The molecule has 2 aromatic rings. The Morgan fingerprint density at radius 1 is 1.50 bits per heavy atom. The van der Waals surface area contributed by atoms with Gasteiger partial charge in [-0.2, -0.15) is 0 Å². The van der Waals surface area contributed by atoms with E-state index in [2.05, 4.69) is 21.2 Å². The zero-order valence-electron chi connectivity index (χ0n) is 10.5. The average molecular weight is 342 g/mol. The quantitative estimate of drug-likeness (QED) is 0.733. The third-order valence-electron chi connectivity index (χ3n) is 2.89. The molecule has 1 aromatic heterocycles. The fraction of sp³-hybridized carbons (Fsp3) is 0.231. The van der Waals surface area contributed by atoms with Gasteiger partial charge in [0.1, 0.15) is 21.8 Å². The Labute approximate surface area is 122 Å². The summed E-state index contributed by atoms with van der Waals surface area (Å²) in [7, 11) is 0. The van der Waals surface area contributed by atoms with Crippen molar-refractivity contribution in [2.45, 2.75) is 19.5 Å². The number of hydrogen-bond acceptors (Lipinski definition) is 5. The third-order valence-corrected chi connectivity index (χ3v) is 3.45. The minimum atomic E-state index is -1.01. The van der Waals surface area contributed by atoms with Crippen LogP contribution >= 0.6 is 15.9 Å². The molecule has 2 rings (SSSR count). The number of carboxylic acid groups (broad SMARTS) is 1. The van der Waals surface area contributed by atoms with Gasteiger partial charge < -0.3 is 19.9 Å². The van der Waals surface area contributed by atoms with Gasteiger partial charge in [0.05, 0.1) is 5.56 Å². The number of carbonyl (C=O) groups is 1. The van der Waals surface area contributed by atoms with Crippen molar-refractivity contribution in [2.75, 3.05) is 0 Å². The van der Waals surface area contributed by atoms with E-state index < -0.39 is 17.6 Å². The Kier molecular flexibility index (Phi) is 4.10. The molecule has 6 nitrogen and oxygen atoms in total. The summed E-state index contributed by atoms with van der Waals surface area (Å²) in [6.07, 6.45) is 0. The Balaban J connectivity index is 2.46. The number of benzene rings is 1. The van der Waals surface area contributed by atoms with Crippen LogP contribution in [0.15, 0.2) is 31.9 Å². The number of phenolic OH excluding ortho intramolecular Hbond substituents is 1. The highest BCUT2D eigenvalue weighted by atomic mass is 79.9. The second-order valence-corrected chi connectivity index (χ2v) is 5.16. The SMILES string of the molecule is C[C@H](NCc1c(O)ccc2cc(Br)c(=O)oc12)C(=O)O. The van der Waals surface area contributed by atoms with Gasteiger partial charge in [0.2, 0.25) is 0 Å². The maximum absolute atomic E-state index is 11.5. The second-order valence-electron chi connectivity index (χ2n) is 4.30. The van der Waals surface area contributed by atoms with Crippen molar-refractivity contribution in [1.29, 1.82) is 0 Å². The van der Waals surface area contributed by atoms with Crippen LogP contribution in [0.3, 0.4) is 0 Å². The number of carboxylic acids is 1. The standard InChI is InChI=1S/C13H12BrNO5/c1-6(12(17)18)15-5-8-10(16)3-2-7-4-9(14)13(19)20-11(7)8/h2-4,6,15-16H,5H2,1H3,(H,17,18)/t6-/m0/s1. The highest BCUT2D eigenvalue weighted by molar-refractivity contribution is 9.10. The molecule has 1 heterocycles. The summed E-state index contributed by atoms with van der Waals surface area (Å²) in [5.41, 5.74) is 0.0270. The molecule has 0 unspecified atom stereocenters. The lowest BCUT2D eigenvalue weighted by Crippen LogP contribution is -2.33. The van der Waals surface area contributed by atoms with Crippen molar-refractivity contribution in [3.63, 3.8) is 0 Å². The minimum absolute atomic E-state index is 0.0620. The van der Waals surface area contributed by atoms with Crippen LogP contribution in [0, 0.1) is 0 Å². The van der Waals surface area contributed by atoms with Crippen LogP contribution in [-0.2, 0) is 11.3 Å². The number of hydrogen-bond donors (Lipinski definition) is 3. The summed E-state index contributed by atoms with van der Waals surface area (Å²) in [6.45, 7) is 1.55. The van der Waals surface area contributed by atoms with E-state index in [1.807, 2.05) is 0 Å². The highest BCUT2D eigenvalue weighted by Crippen LogP contribution is 2.27. The first-order valence-electron chi connectivity index (χ1n) is 5.80. The molecular weight excluding hydrogens is 330 g/mol. The predicted molar refractivity (Wildman–Crippen MR) is 75.8 cm³/mol. The number of rotatable bonds is 4. The van der Waals surface area contributed by atoms with Crippen molar-refractivity contribution in [2.24, 2.45) is 0 Å². The first-order chi connectivity index (χ1) is 9.40. The summed E-state index contributed by atoms with van der Waals surface area (Å²) >= 11 is 3.08. The van der Waals surface area contributed by atoms with Crippen LogP contribution in [-0.4, -0.2) is 22.2 Å². The number of fused-ring (bicyclic) bond motifs is 1.